The molecule has 106 valence electrons. The van der Waals surface area contributed by atoms with Crippen LogP contribution in [0.1, 0.15) is 41.0 Å². The zero-order valence-corrected chi connectivity index (χ0v) is 12.1. The Balaban J connectivity index is 4.93. The Labute approximate surface area is 109 Å². The first-order valence-corrected chi connectivity index (χ1v) is 6.21. The minimum atomic E-state index is -1.17. The SMILES string of the molecule is CN[C@H](CC(C)C)C(C(=O)O)C(=O)OC(C)(C)C. The van der Waals surface area contributed by atoms with E-state index in [-0.39, 0.29) is 0 Å². The van der Waals surface area contributed by atoms with Crippen molar-refractivity contribution in [3.05, 3.63) is 0 Å². The van der Waals surface area contributed by atoms with Crippen molar-refractivity contribution < 1.29 is 19.4 Å². The van der Waals surface area contributed by atoms with Crippen molar-refractivity contribution in [2.24, 2.45) is 11.8 Å². The van der Waals surface area contributed by atoms with Crippen LogP contribution < -0.4 is 5.32 Å². The van der Waals surface area contributed by atoms with Crippen molar-refractivity contribution in [1.29, 1.82) is 0 Å². The number of carboxylic acid groups (broad SMARTS) is 1. The molecule has 0 fully saturated rings. The Hall–Kier alpha value is -1.10. The molecule has 2 N–H and O–H groups in total. The Morgan fingerprint density at radius 3 is 2.06 bits per heavy atom. The summed E-state index contributed by atoms with van der Waals surface area (Å²) in [7, 11) is 1.66. The average molecular weight is 259 g/mol. The molecule has 0 heterocycles. The van der Waals surface area contributed by atoms with Crippen LogP contribution in [0.4, 0.5) is 0 Å². The van der Waals surface area contributed by atoms with Gasteiger partial charge in [0.25, 0.3) is 0 Å². The van der Waals surface area contributed by atoms with Gasteiger partial charge in [-0.1, -0.05) is 13.8 Å². The molecule has 18 heavy (non-hydrogen) atoms. The minimum absolute atomic E-state index is 0.298. The number of rotatable bonds is 6. The molecule has 0 aromatic carbocycles. The van der Waals surface area contributed by atoms with Gasteiger partial charge in [-0.15, -0.1) is 0 Å². The van der Waals surface area contributed by atoms with Crippen LogP contribution in [0.2, 0.25) is 0 Å². The smallest absolute Gasteiger partial charge is 0.322 e. The average Bonchev–Trinajstić information content (AvgIpc) is 2.12. The molecular formula is C13H25NO4. The highest BCUT2D eigenvalue weighted by Crippen LogP contribution is 2.18. The molecule has 2 atom stereocenters. The number of aliphatic carboxylic acids is 1. The summed E-state index contributed by atoms with van der Waals surface area (Å²) >= 11 is 0. The van der Waals surface area contributed by atoms with E-state index in [2.05, 4.69) is 5.32 Å². The van der Waals surface area contributed by atoms with E-state index in [9.17, 15) is 14.7 Å². The monoisotopic (exact) mass is 259 g/mol. The number of carbonyl (C=O) groups is 2. The van der Waals surface area contributed by atoms with Gasteiger partial charge in [0.1, 0.15) is 5.60 Å². The quantitative estimate of drug-likeness (QED) is 0.560. The Morgan fingerprint density at radius 2 is 1.78 bits per heavy atom. The van der Waals surface area contributed by atoms with Crippen LogP contribution in [0.5, 0.6) is 0 Å². The lowest BCUT2D eigenvalue weighted by Crippen LogP contribution is -2.46. The first-order valence-electron chi connectivity index (χ1n) is 6.21. The molecule has 1 unspecified atom stereocenters. The molecule has 0 bridgehead atoms. The molecular weight excluding hydrogens is 234 g/mol. The van der Waals surface area contributed by atoms with Crippen molar-refractivity contribution in [1.82, 2.24) is 5.32 Å². The van der Waals surface area contributed by atoms with Crippen molar-refractivity contribution >= 4 is 11.9 Å². The molecule has 0 amide bonds. The molecule has 0 aliphatic carbocycles. The van der Waals surface area contributed by atoms with E-state index in [1.54, 1.807) is 27.8 Å². The summed E-state index contributed by atoms with van der Waals surface area (Å²) in [5.41, 5.74) is -0.680. The van der Waals surface area contributed by atoms with Crippen LogP contribution >= 0.6 is 0 Å². The minimum Gasteiger partial charge on any atom is -0.481 e. The van der Waals surface area contributed by atoms with E-state index in [4.69, 9.17) is 4.74 Å². The number of hydrogen-bond acceptors (Lipinski definition) is 4. The van der Waals surface area contributed by atoms with Crippen LogP contribution in [0.3, 0.4) is 0 Å². The fourth-order valence-electron chi connectivity index (χ4n) is 1.73. The number of carbonyl (C=O) groups excluding carboxylic acids is 1. The number of esters is 1. The number of carboxylic acids is 1. The predicted octanol–water partition coefficient (Wildman–Crippen LogP) is 1.66. The Bertz CT molecular complexity index is 294. The third kappa shape index (κ3) is 6.00. The number of nitrogens with one attached hydrogen (secondary N) is 1. The van der Waals surface area contributed by atoms with Crippen LogP contribution in [-0.4, -0.2) is 35.7 Å². The van der Waals surface area contributed by atoms with Gasteiger partial charge in [0, 0.05) is 6.04 Å². The molecule has 0 spiro atoms. The zero-order valence-electron chi connectivity index (χ0n) is 12.1. The summed E-state index contributed by atoms with van der Waals surface area (Å²) in [5.74, 6) is -2.71. The van der Waals surface area contributed by atoms with Crippen molar-refractivity contribution in [3.8, 4) is 0 Å². The fraction of sp³-hybridized carbons (Fsp3) is 0.846. The molecule has 0 saturated heterocycles. The van der Waals surface area contributed by atoms with E-state index in [0.717, 1.165) is 0 Å². The van der Waals surface area contributed by atoms with Gasteiger partial charge in [0.05, 0.1) is 0 Å². The molecule has 0 saturated carbocycles. The van der Waals surface area contributed by atoms with E-state index >= 15 is 0 Å². The molecule has 5 heteroatoms. The second kappa shape index (κ2) is 6.73. The van der Waals surface area contributed by atoms with Gasteiger partial charge >= 0.3 is 11.9 Å². The first kappa shape index (κ1) is 16.9. The number of hydrogen-bond donors (Lipinski definition) is 2. The lowest BCUT2D eigenvalue weighted by atomic mass is 9.92. The molecule has 0 aromatic rings. The van der Waals surface area contributed by atoms with Gasteiger partial charge in [-0.3, -0.25) is 9.59 Å². The van der Waals surface area contributed by atoms with Crippen molar-refractivity contribution in [2.45, 2.75) is 52.7 Å². The maximum absolute atomic E-state index is 11.9. The van der Waals surface area contributed by atoms with Gasteiger partial charge in [-0.2, -0.15) is 0 Å². The second-order valence-corrected chi connectivity index (χ2v) is 5.87. The third-order valence-electron chi connectivity index (χ3n) is 2.43. The Kier molecular flexibility index (Phi) is 6.32. The van der Waals surface area contributed by atoms with Crippen LogP contribution in [0.25, 0.3) is 0 Å². The predicted molar refractivity (Wildman–Crippen MR) is 69.3 cm³/mol. The second-order valence-electron chi connectivity index (χ2n) is 5.87. The normalized spacial score (nSPS) is 15.3. The van der Waals surface area contributed by atoms with Crippen LogP contribution in [0.15, 0.2) is 0 Å². The summed E-state index contributed by atoms with van der Waals surface area (Å²) in [4.78, 5) is 23.2. The standard InChI is InChI=1S/C13H25NO4/c1-8(2)7-9(14-6)10(11(15)16)12(17)18-13(3,4)5/h8-10,14H,7H2,1-6H3,(H,15,16)/t9-,10?/m1/s1. The van der Waals surface area contributed by atoms with E-state index in [0.29, 0.717) is 12.3 Å². The third-order valence-corrected chi connectivity index (χ3v) is 2.43. The summed E-state index contributed by atoms with van der Waals surface area (Å²) in [6, 6.07) is -0.419. The molecule has 0 radical (unpaired) electrons. The van der Waals surface area contributed by atoms with Crippen LogP contribution in [-0.2, 0) is 14.3 Å². The largest absolute Gasteiger partial charge is 0.481 e. The van der Waals surface area contributed by atoms with E-state index < -0.39 is 29.5 Å². The Morgan fingerprint density at radius 1 is 1.28 bits per heavy atom. The topological polar surface area (TPSA) is 75.6 Å². The first-order chi connectivity index (χ1) is 8.08. The maximum Gasteiger partial charge on any atom is 0.322 e. The summed E-state index contributed by atoms with van der Waals surface area (Å²) in [6.07, 6.45) is 0.604. The van der Waals surface area contributed by atoms with Gasteiger partial charge in [-0.05, 0) is 40.2 Å². The maximum atomic E-state index is 11.9. The van der Waals surface area contributed by atoms with Gasteiger partial charge < -0.3 is 15.2 Å². The number of ether oxygens (including phenoxy) is 1. The zero-order chi connectivity index (χ0) is 14.5. The molecule has 0 aliphatic heterocycles. The lowest BCUT2D eigenvalue weighted by Gasteiger charge is -2.27. The fourth-order valence-corrected chi connectivity index (χ4v) is 1.73. The molecule has 0 rings (SSSR count). The van der Waals surface area contributed by atoms with E-state index in [1.165, 1.54) is 0 Å². The molecule has 5 nitrogen and oxygen atoms in total. The van der Waals surface area contributed by atoms with Crippen LogP contribution in [0, 0.1) is 11.8 Å². The lowest BCUT2D eigenvalue weighted by molar-refractivity contribution is -0.168. The molecule has 0 aliphatic rings. The summed E-state index contributed by atoms with van der Waals surface area (Å²) in [5, 5.41) is 12.1. The highest BCUT2D eigenvalue weighted by Gasteiger charge is 2.37. The van der Waals surface area contributed by atoms with Gasteiger partial charge in [-0.25, -0.2) is 0 Å². The van der Waals surface area contributed by atoms with Gasteiger partial charge in [0.15, 0.2) is 5.92 Å². The highest BCUT2D eigenvalue weighted by molar-refractivity contribution is 5.95. The van der Waals surface area contributed by atoms with Crippen molar-refractivity contribution in [3.63, 3.8) is 0 Å². The van der Waals surface area contributed by atoms with Crippen molar-refractivity contribution in [2.75, 3.05) is 7.05 Å². The van der Waals surface area contributed by atoms with Gasteiger partial charge in [0.2, 0.25) is 0 Å². The molecule has 0 aromatic heterocycles. The summed E-state index contributed by atoms with van der Waals surface area (Å²) in [6.45, 7) is 9.14. The highest BCUT2D eigenvalue weighted by atomic mass is 16.6. The summed E-state index contributed by atoms with van der Waals surface area (Å²) < 4.78 is 5.17. The van der Waals surface area contributed by atoms with E-state index in [1.807, 2.05) is 13.8 Å².